The first kappa shape index (κ1) is 20.6. The molecule has 1 aliphatic rings. The molecule has 0 saturated carbocycles. The molecular formula is C25H23FN2O3. The molecule has 6 heteroatoms. The van der Waals surface area contributed by atoms with E-state index in [0.717, 1.165) is 11.1 Å². The Bertz CT molecular complexity index is 1130. The van der Waals surface area contributed by atoms with Gasteiger partial charge in [0.15, 0.2) is 0 Å². The number of nitrogens with one attached hydrogen (secondary N) is 1. The number of anilines is 1. The maximum Gasteiger partial charge on any atom is 0.259 e. The Morgan fingerprint density at radius 1 is 1.10 bits per heavy atom. The van der Waals surface area contributed by atoms with Gasteiger partial charge >= 0.3 is 0 Å². The Morgan fingerprint density at radius 2 is 1.84 bits per heavy atom. The van der Waals surface area contributed by atoms with Gasteiger partial charge in [-0.1, -0.05) is 30.3 Å². The van der Waals surface area contributed by atoms with E-state index in [4.69, 9.17) is 4.74 Å². The van der Waals surface area contributed by atoms with E-state index in [1.165, 1.54) is 29.2 Å². The standard InChI is InChI=1S/C25H23FN2O3/c1-25(24(30)27-16-17-6-5-8-21(14-17)31-2)15-18-7-3-4-9-22(18)23(29)28(25)20-12-10-19(26)11-13-20/h3-14H,15-16H2,1-2H3,(H,27,30)/t25-/m0/s1. The van der Waals surface area contributed by atoms with Gasteiger partial charge in [-0.2, -0.15) is 0 Å². The number of methoxy groups -OCH3 is 1. The van der Waals surface area contributed by atoms with Crippen molar-refractivity contribution in [3.05, 3.63) is 95.3 Å². The summed E-state index contributed by atoms with van der Waals surface area (Å²) in [5, 5.41) is 2.96. The van der Waals surface area contributed by atoms with Crippen LogP contribution in [-0.2, 0) is 17.8 Å². The number of benzene rings is 3. The number of carbonyl (C=O) groups excluding carboxylic acids is 2. The Balaban J connectivity index is 1.68. The second-order valence-electron chi connectivity index (χ2n) is 7.76. The third-order valence-corrected chi connectivity index (χ3v) is 5.64. The number of fused-ring (bicyclic) bond motifs is 1. The number of carbonyl (C=O) groups is 2. The van der Waals surface area contributed by atoms with E-state index < -0.39 is 11.4 Å². The number of hydrogen-bond acceptors (Lipinski definition) is 3. The van der Waals surface area contributed by atoms with Gasteiger partial charge in [-0.25, -0.2) is 4.39 Å². The van der Waals surface area contributed by atoms with Gasteiger partial charge in [0.2, 0.25) is 5.91 Å². The molecule has 0 radical (unpaired) electrons. The average Bonchev–Trinajstić information content (AvgIpc) is 2.79. The summed E-state index contributed by atoms with van der Waals surface area (Å²) in [6.45, 7) is 2.03. The maximum atomic E-state index is 13.5. The monoisotopic (exact) mass is 418 g/mol. The second-order valence-corrected chi connectivity index (χ2v) is 7.76. The number of nitrogens with zero attached hydrogens (tertiary/aromatic N) is 1. The third-order valence-electron chi connectivity index (χ3n) is 5.64. The minimum Gasteiger partial charge on any atom is -0.497 e. The van der Waals surface area contributed by atoms with Crippen molar-refractivity contribution in [2.75, 3.05) is 12.0 Å². The molecule has 0 aliphatic carbocycles. The zero-order valence-corrected chi connectivity index (χ0v) is 17.4. The molecule has 1 heterocycles. The van der Waals surface area contributed by atoms with Crippen LogP contribution in [0.1, 0.15) is 28.4 Å². The molecular weight excluding hydrogens is 395 g/mol. The molecule has 2 amide bonds. The predicted octanol–water partition coefficient (Wildman–Crippen LogP) is 4.11. The summed E-state index contributed by atoms with van der Waals surface area (Å²) in [7, 11) is 1.59. The van der Waals surface area contributed by atoms with Gasteiger partial charge in [0.25, 0.3) is 5.91 Å². The first-order valence-corrected chi connectivity index (χ1v) is 10.0. The van der Waals surface area contributed by atoms with Crippen LogP contribution in [0.3, 0.4) is 0 Å². The van der Waals surface area contributed by atoms with Crippen molar-refractivity contribution in [3.63, 3.8) is 0 Å². The van der Waals surface area contributed by atoms with Gasteiger partial charge < -0.3 is 10.1 Å². The number of amides is 2. The fraction of sp³-hybridized carbons (Fsp3) is 0.200. The van der Waals surface area contributed by atoms with Gasteiger partial charge in [-0.05, 0) is 60.5 Å². The lowest BCUT2D eigenvalue weighted by atomic mass is 9.82. The average molecular weight is 418 g/mol. The minimum atomic E-state index is -1.18. The predicted molar refractivity (Wildman–Crippen MR) is 117 cm³/mol. The first-order chi connectivity index (χ1) is 14.9. The molecule has 31 heavy (non-hydrogen) atoms. The van der Waals surface area contributed by atoms with Crippen molar-refractivity contribution in [3.8, 4) is 5.75 Å². The molecule has 158 valence electrons. The minimum absolute atomic E-state index is 0.285. The topological polar surface area (TPSA) is 58.6 Å². The van der Waals surface area contributed by atoms with Crippen LogP contribution >= 0.6 is 0 Å². The van der Waals surface area contributed by atoms with Crippen LogP contribution in [0.5, 0.6) is 5.75 Å². The van der Waals surface area contributed by atoms with Crippen LogP contribution in [0.4, 0.5) is 10.1 Å². The molecule has 1 aliphatic heterocycles. The van der Waals surface area contributed by atoms with Gasteiger partial charge in [-0.15, -0.1) is 0 Å². The van der Waals surface area contributed by atoms with Crippen molar-refractivity contribution in [2.45, 2.75) is 25.4 Å². The number of halogens is 1. The third kappa shape index (κ3) is 3.89. The van der Waals surface area contributed by atoms with Crippen LogP contribution < -0.4 is 15.0 Å². The fourth-order valence-electron chi connectivity index (χ4n) is 4.01. The summed E-state index contributed by atoms with van der Waals surface area (Å²) in [6, 6.07) is 20.3. The SMILES string of the molecule is COc1cccc(CNC(=O)[C@]2(C)Cc3ccccc3C(=O)N2c2ccc(F)cc2)c1. The van der Waals surface area contributed by atoms with Crippen molar-refractivity contribution < 1.29 is 18.7 Å². The summed E-state index contributed by atoms with van der Waals surface area (Å²) in [5.74, 6) is -0.277. The molecule has 3 aromatic carbocycles. The van der Waals surface area contributed by atoms with Crippen LogP contribution in [0.25, 0.3) is 0 Å². The summed E-state index contributed by atoms with van der Waals surface area (Å²) in [6.07, 6.45) is 0.343. The molecule has 0 spiro atoms. The quantitative estimate of drug-likeness (QED) is 0.678. The van der Waals surface area contributed by atoms with Crippen LogP contribution in [0.15, 0.2) is 72.8 Å². The summed E-state index contributed by atoms with van der Waals surface area (Å²) in [5.41, 5.74) is 1.53. The van der Waals surface area contributed by atoms with E-state index >= 15 is 0 Å². The summed E-state index contributed by atoms with van der Waals surface area (Å²) in [4.78, 5) is 28.3. The Morgan fingerprint density at radius 3 is 2.58 bits per heavy atom. The highest BCUT2D eigenvalue weighted by Crippen LogP contribution is 2.35. The second kappa shape index (κ2) is 8.22. The summed E-state index contributed by atoms with van der Waals surface area (Å²) < 4.78 is 18.8. The van der Waals surface area contributed by atoms with Crippen LogP contribution in [0, 0.1) is 5.82 Å². The zero-order chi connectivity index (χ0) is 22.0. The molecule has 1 N–H and O–H groups in total. The van der Waals surface area contributed by atoms with Crippen molar-refractivity contribution in [1.29, 1.82) is 0 Å². The van der Waals surface area contributed by atoms with Crippen molar-refractivity contribution in [2.24, 2.45) is 0 Å². The molecule has 5 nitrogen and oxygen atoms in total. The molecule has 4 rings (SSSR count). The zero-order valence-electron chi connectivity index (χ0n) is 17.4. The molecule has 0 fully saturated rings. The molecule has 1 atom stereocenters. The molecule has 3 aromatic rings. The van der Waals surface area contributed by atoms with Gasteiger partial charge in [0.1, 0.15) is 17.1 Å². The van der Waals surface area contributed by atoms with E-state index in [2.05, 4.69) is 5.32 Å². The van der Waals surface area contributed by atoms with E-state index in [1.807, 2.05) is 36.4 Å². The van der Waals surface area contributed by atoms with Crippen LogP contribution in [0.2, 0.25) is 0 Å². The van der Waals surface area contributed by atoms with E-state index in [1.54, 1.807) is 26.2 Å². The first-order valence-electron chi connectivity index (χ1n) is 10.0. The lowest BCUT2D eigenvalue weighted by Gasteiger charge is -2.44. The number of rotatable bonds is 5. The van der Waals surface area contributed by atoms with E-state index in [-0.39, 0.29) is 11.8 Å². The lowest BCUT2D eigenvalue weighted by Crippen LogP contribution is -2.63. The summed E-state index contributed by atoms with van der Waals surface area (Å²) >= 11 is 0. The molecule has 0 bridgehead atoms. The molecule has 0 unspecified atom stereocenters. The number of ether oxygens (including phenoxy) is 1. The largest absolute Gasteiger partial charge is 0.497 e. The van der Waals surface area contributed by atoms with Crippen molar-refractivity contribution in [1.82, 2.24) is 5.32 Å². The van der Waals surface area contributed by atoms with Crippen molar-refractivity contribution >= 4 is 17.5 Å². The highest BCUT2D eigenvalue weighted by atomic mass is 19.1. The van der Waals surface area contributed by atoms with Gasteiger partial charge in [-0.3, -0.25) is 14.5 Å². The highest BCUT2D eigenvalue weighted by Gasteiger charge is 2.47. The van der Waals surface area contributed by atoms with E-state index in [9.17, 15) is 14.0 Å². The maximum absolute atomic E-state index is 13.5. The van der Waals surface area contributed by atoms with Crippen LogP contribution in [-0.4, -0.2) is 24.5 Å². The Hall–Kier alpha value is -3.67. The Labute approximate surface area is 180 Å². The van der Waals surface area contributed by atoms with Gasteiger partial charge in [0, 0.05) is 24.2 Å². The molecule has 0 aromatic heterocycles. The normalized spacial score (nSPS) is 17.8. The smallest absolute Gasteiger partial charge is 0.259 e. The lowest BCUT2D eigenvalue weighted by molar-refractivity contribution is -0.126. The molecule has 0 saturated heterocycles. The van der Waals surface area contributed by atoms with E-state index in [0.29, 0.717) is 30.0 Å². The Kier molecular flexibility index (Phi) is 5.46. The fourth-order valence-corrected chi connectivity index (χ4v) is 4.01. The van der Waals surface area contributed by atoms with Gasteiger partial charge in [0.05, 0.1) is 7.11 Å². The highest BCUT2D eigenvalue weighted by molar-refractivity contribution is 6.14. The number of hydrogen-bond donors (Lipinski definition) is 1.